The molecule has 0 unspecified atom stereocenters. The Morgan fingerprint density at radius 1 is 1.22 bits per heavy atom. The maximum absolute atomic E-state index is 14.4. The molecule has 2 fully saturated rings. The van der Waals surface area contributed by atoms with E-state index in [1.807, 2.05) is 6.92 Å². The maximum atomic E-state index is 14.4. The third kappa shape index (κ3) is 3.57. The molecule has 2 aliphatic carbocycles. The van der Waals surface area contributed by atoms with Crippen molar-refractivity contribution < 1.29 is 23.2 Å². The molecule has 1 saturated heterocycles. The molecule has 1 saturated carbocycles. The highest BCUT2D eigenvalue weighted by atomic mass is 19.1. The molecule has 190 valence electrons. The van der Waals surface area contributed by atoms with Gasteiger partial charge in [0.2, 0.25) is 11.8 Å². The van der Waals surface area contributed by atoms with Crippen LogP contribution in [0.5, 0.6) is 0 Å². The fraction of sp³-hybridized carbons (Fsp3) is 0.500. The lowest BCUT2D eigenvalue weighted by Crippen LogP contribution is -2.55. The summed E-state index contributed by atoms with van der Waals surface area (Å²) in [6.45, 7) is 7.12. The number of nitrogens with zero attached hydrogens (tertiary/aromatic N) is 4. The summed E-state index contributed by atoms with van der Waals surface area (Å²) in [5, 5.41) is 11.0. The van der Waals surface area contributed by atoms with Gasteiger partial charge in [0.05, 0.1) is 17.0 Å². The number of carbonyl (C=O) groups excluding carboxylic acids is 3. The van der Waals surface area contributed by atoms with E-state index in [0.717, 1.165) is 24.1 Å². The lowest BCUT2D eigenvalue weighted by Gasteiger charge is -2.42. The zero-order chi connectivity index (χ0) is 25.8. The molecule has 1 N–H and O–H groups in total. The number of aromatic nitrogens is 2. The molecular formula is C26H29F2N5O3. The molecule has 2 bridgehead atoms. The summed E-state index contributed by atoms with van der Waals surface area (Å²) in [4.78, 5) is 39.9. The number of likely N-dealkylation sites (N-methyl/N-ethyl adjacent to an activating group) is 1. The fourth-order valence-electron chi connectivity index (χ4n) is 6.36. The monoisotopic (exact) mass is 497 g/mol. The first-order chi connectivity index (χ1) is 17.1. The Morgan fingerprint density at radius 2 is 1.94 bits per heavy atom. The lowest BCUT2D eigenvalue weighted by atomic mass is 9.68. The molecule has 2 heterocycles. The van der Waals surface area contributed by atoms with E-state index in [2.05, 4.69) is 29.4 Å². The van der Waals surface area contributed by atoms with Crippen LogP contribution in [0.2, 0.25) is 0 Å². The van der Waals surface area contributed by atoms with Gasteiger partial charge < -0.3 is 9.80 Å². The molecule has 1 aromatic carbocycles. The van der Waals surface area contributed by atoms with Crippen LogP contribution in [0.1, 0.15) is 57.2 Å². The molecule has 4 amide bonds. The van der Waals surface area contributed by atoms with E-state index >= 15 is 0 Å². The van der Waals surface area contributed by atoms with Gasteiger partial charge in [0.25, 0.3) is 0 Å². The second kappa shape index (κ2) is 8.60. The van der Waals surface area contributed by atoms with Crippen molar-refractivity contribution in [3.8, 4) is 11.3 Å². The summed E-state index contributed by atoms with van der Waals surface area (Å²) in [6.07, 6.45) is 1.84. The van der Waals surface area contributed by atoms with E-state index in [0.29, 0.717) is 13.1 Å². The van der Waals surface area contributed by atoms with Gasteiger partial charge in [0.1, 0.15) is 18.2 Å². The van der Waals surface area contributed by atoms with Crippen LogP contribution in [-0.2, 0) is 15.0 Å². The molecule has 2 atom stereocenters. The number of imide groups is 1. The molecule has 2 aromatic rings. The molecule has 10 heteroatoms. The first-order valence-electron chi connectivity index (χ1n) is 12.3. The second-order valence-electron chi connectivity index (χ2n) is 10.5. The number of benzene rings is 1. The van der Waals surface area contributed by atoms with E-state index in [1.165, 1.54) is 23.1 Å². The van der Waals surface area contributed by atoms with Crippen molar-refractivity contribution in [2.45, 2.75) is 51.4 Å². The molecule has 0 radical (unpaired) electrons. The number of halogens is 2. The van der Waals surface area contributed by atoms with Gasteiger partial charge >= 0.3 is 6.03 Å². The molecule has 5 rings (SSSR count). The third-order valence-electron chi connectivity index (χ3n) is 8.50. The van der Waals surface area contributed by atoms with Crippen molar-refractivity contribution in [1.82, 2.24) is 25.3 Å². The standard InChI is InChI=1S/C26H29F2N5O3/c1-4-32(21(35)13-33-11-9-20(34)29-24(33)36)14-26-10-8-16(25(26,2)3)15-12-19(30-31-23(15)26)22-17(27)6-5-7-18(22)28/h5-7,12,16H,4,8-11,13-14H2,1-3H3,(H,29,34,36)/t16-,26-/m0/s1. The Bertz CT molecular complexity index is 1250. The normalized spacial score (nSPS) is 24.0. The van der Waals surface area contributed by atoms with Crippen molar-refractivity contribution in [3.63, 3.8) is 0 Å². The molecule has 36 heavy (non-hydrogen) atoms. The predicted octanol–water partition coefficient (Wildman–Crippen LogP) is 3.37. The second-order valence-corrected chi connectivity index (χ2v) is 10.5. The summed E-state index contributed by atoms with van der Waals surface area (Å²) < 4.78 is 28.9. The van der Waals surface area contributed by atoms with Gasteiger partial charge in [0, 0.05) is 31.5 Å². The van der Waals surface area contributed by atoms with Crippen molar-refractivity contribution >= 4 is 17.8 Å². The summed E-state index contributed by atoms with van der Waals surface area (Å²) in [5.74, 6) is -1.81. The smallest absolute Gasteiger partial charge is 0.324 e. The van der Waals surface area contributed by atoms with E-state index in [4.69, 9.17) is 0 Å². The molecule has 8 nitrogen and oxygen atoms in total. The van der Waals surface area contributed by atoms with Gasteiger partial charge in [0.15, 0.2) is 0 Å². The summed E-state index contributed by atoms with van der Waals surface area (Å²) in [6, 6.07) is 4.92. The first-order valence-corrected chi connectivity index (χ1v) is 12.3. The number of amides is 4. The summed E-state index contributed by atoms with van der Waals surface area (Å²) in [7, 11) is 0. The average molecular weight is 498 g/mol. The quantitative estimate of drug-likeness (QED) is 0.660. The van der Waals surface area contributed by atoms with Crippen LogP contribution >= 0.6 is 0 Å². The van der Waals surface area contributed by atoms with E-state index in [9.17, 15) is 23.2 Å². The van der Waals surface area contributed by atoms with Crippen LogP contribution in [0, 0.1) is 17.0 Å². The van der Waals surface area contributed by atoms with Crippen molar-refractivity contribution in [3.05, 3.63) is 47.2 Å². The molecular weight excluding hydrogens is 468 g/mol. The summed E-state index contributed by atoms with van der Waals surface area (Å²) in [5.41, 5.74) is 0.938. The third-order valence-corrected chi connectivity index (χ3v) is 8.50. The number of rotatable bonds is 6. The van der Waals surface area contributed by atoms with E-state index < -0.39 is 23.1 Å². The highest BCUT2D eigenvalue weighted by Gasteiger charge is 2.64. The number of hydrogen-bond acceptors (Lipinski definition) is 5. The Balaban J connectivity index is 1.45. The number of nitrogens with one attached hydrogen (secondary N) is 1. The van der Waals surface area contributed by atoms with Gasteiger partial charge in [-0.1, -0.05) is 19.9 Å². The van der Waals surface area contributed by atoms with E-state index in [-0.39, 0.29) is 53.9 Å². The van der Waals surface area contributed by atoms with Gasteiger partial charge in [-0.15, -0.1) is 0 Å². The molecule has 0 spiro atoms. The topological polar surface area (TPSA) is 95.5 Å². The molecule has 3 aliphatic rings. The Kier molecular flexibility index (Phi) is 5.80. The highest BCUT2D eigenvalue weighted by Crippen LogP contribution is 2.67. The van der Waals surface area contributed by atoms with E-state index in [1.54, 1.807) is 11.0 Å². The average Bonchev–Trinajstić information content (AvgIpc) is 3.19. The SMILES string of the molecule is CCN(C[C@@]12CC[C@@H](c3cc(-c4c(F)cccc4F)nnc31)C2(C)C)C(=O)CN1CCC(=O)NC1=O. The van der Waals surface area contributed by atoms with Crippen molar-refractivity contribution in [2.24, 2.45) is 5.41 Å². The molecule has 1 aromatic heterocycles. The van der Waals surface area contributed by atoms with Crippen LogP contribution in [-0.4, -0.2) is 64.0 Å². The number of carbonyl (C=O) groups is 3. The van der Waals surface area contributed by atoms with Crippen LogP contribution < -0.4 is 5.32 Å². The zero-order valence-electron chi connectivity index (χ0n) is 20.6. The van der Waals surface area contributed by atoms with Crippen molar-refractivity contribution in [1.29, 1.82) is 0 Å². The van der Waals surface area contributed by atoms with Crippen LogP contribution in [0.4, 0.5) is 13.6 Å². The minimum absolute atomic E-state index is 0.114. The largest absolute Gasteiger partial charge is 0.340 e. The highest BCUT2D eigenvalue weighted by molar-refractivity contribution is 5.98. The predicted molar refractivity (Wildman–Crippen MR) is 127 cm³/mol. The minimum atomic E-state index is -0.687. The minimum Gasteiger partial charge on any atom is -0.340 e. The maximum Gasteiger partial charge on any atom is 0.324 e. The van der Waals surface area contributed by atoms with Crippen molar-refractivity contribution in [2.75, 3.05) is 26.2 Å². The number of fused-ring (bicyclic) bond motifs is 5. The Morgan fingerprint density at radius 3 is 2.61 bits per heavy atom. The number of hydrogen-bond donors (Lipinski definition) is 1. The van der Waals surface area contributed by atoms with Crippen LogP contribution in [0.25, 0.3) is 11.3 Å². The summed E-state index contributed by atoms with van der Waals surface area (Å²) >= 11 is 0. The van der Waals surface area contributed by atoms with Gasteiger partial charge in [-0.25, -0.2) is 13.6 Å². The van der Waals surface area contributed by atoms with Crippen LogP contribution in [0.3, 0.4) is 0 Å². The zero-order valence-corrected chi connectivity index (χ0v) is 20.6. The fourth-order valence-corrected chi connectivity index (χ4v) is 6.36. The Hall–Kier alpha value is -3.43. The van der Waals surface area contributed by atoms with Crippen LogP contribution in [0.15, 0.2) is 24.3 Å². The van der Waals surface area contributed by atoms with Gasteiger partial charge in [-0.05, 0) is 54.9 Å². The van der Waals surface area contributed by atoms with Gasteiger partial charge in [-0.3, -0.25) is 14.9 Å². The lowest BCUT2D eigenvalue weighted by molar-refractivity contribution is -0.134. The number of urea groups is 1. The van der Waals surface area contributed by atoms with Gasteiger partial charge in [-0.2, -0.15) is 10.2 Å². The first kappa shape index (κ1) is 24.3. The molecule has 1 aliphatic heterocycles. The Labute approximate surface area is 208 Å².